The van der Waals surface area contributed by atoms with Crippen LogP contribution in [0.1, 0.15) is 28.8 Å². The summed E-state index contributed by atoms with van der Waals surface area (Å²) in [6, 6.07) is 1.47. The summed E-state index contributed by atoms with van der Waals surface area (Å²) >= 11 is 0. The van der Waals surface area contributed by atoms with Gasteiger partial charge in [-0.05, 0) is 38.3 Å². The zero-order valence-electron chi connectivity index (χ0n) is 13.9. The van der Waals surface area contributed by atoms with Crippen LogP contribution in [0.2, 0.25) is 0 Å². The number of aryl methyl sites for hydroxylation is 1. The molecule has 2 fully saturated rings. The van der Waals surface area contributed by atoms with Gasteiger partial charge in [0.05, 0.1) is 18.3 Å². The van der Waals surface area contributed by atoms with Crippen molar-refractivity contribution in [2.24, 2.45) is 5.92 Å². The van der Waals surface area contributed by atoms with Crippen LogP contribution in [0.3, 0.4) is 0 Å². The first-order valence-corrected chi connectivity index (χ1v) is 8.31. The van der Waals surface area contributed by atoms with E-state index < -0.39 is 0 Å². The molecule has 1 aromatic heterocycles. The van der Waals surface area contributed by atoms with Crippen molar-refractivity contribution < 1.29 is 9.53 Å². The van der Waals surface area contributed by atoms with Crippen molar-refractivity contribution >= 4 is 5.91 Å². The Morgan fingerprint density at radius 2 is 2.22 bits per heavy atom. The normalized spacial score (nSPS) is 21.7. The predicted molar refractivity (Wildman–Crippen MR) is 87.7 cm³/mol. The minimum Gasteiger partial charge on any atom is -0.373 e. The van der Waals surface area contributed by atoms with Crippen molar-refractivity contribution in [3.05, 3.63) is 33.7 Å². The smallest absolute Gasteiger partial charge is 0.255 e. The Balaban J connectivity index is 1.60. The first-order valence-electron chi connectivity index (χ1n) is 8.31. The van der Waals surface area contributed by atoms with E-state index in [1.165, 1.54) is 25.1 Å². The van der Waals surface area contributed by atoms with E-state index in [1.54, 1.807) is 6.92 Å². The summed E-state index contributed by atoms with van der Waals surface area (Å²) in [6.45, 7) is 5.53. The standard InChI is InChI=1S/C17H25N3O3/c1-12-7-16(21)18-8-15(12)17(22)20-5-6-23-14(11-20)10-19(2)9-13-3-4-13/h7-8,13-14H,3-6,9-11H2,1-2H3,(H,18,21)/t14-/m0/s1. The van der Waals surface area contributed by atoms with E-state index in [9.17, 15) is 9.59 Å². The highest BCUT2D eigenvalue weighted by atomic mass is 16.5. The van der Waals surface area contributed by atoms with Gasteiger partial charge in [0.2, 0.25) is 5.56 Å². The van der Waals surface area contributed by atoms with E-state index in [0.717, 1.165) is 19.0 Å². The highest BCUT2D eigenvalue weighted by Gasteiger charge is 2.28. The zero-order valence-corrected chi connectivity index (χ0v) is 13.9. The number of likely N-dealkylation sites (N-methyl/N-ethyl adjacent to an activating group) is 1. The molecular weight excluding hydrogens is 294 g/mol. The molecule has 6 heteroatoms. The fourth-order valence-electron chi connectivity index (χ4n) is 3.15. The van der Waals surface area contributed by atoms with Gasteiger partial charge in [0.25, 0.3) is 5.91 Å². The van der Waals surface area contributed by atoms with Crippen LogP contribution >= 0.6 is 0 Å². The van der Waals surface area contributed by atoms with E-state index in [4.69, 9.17) is 4.74 Å². The largest absolute Gasteiger partial charge is 0.373 e. The van der Waals surface area contributed by atoms with Gasteiger partial charge in [-0.25, -0.2) is 0 Å². The van der Waals surface area contributed by atoms with Crippen LogP contribution in [-0.4, -0.2) is 66.6 Å². The van der Waals surface area contributed by atoms with Crippen LogP contribution in [0.15, 0.2) is 17.1 Å². The van der Waals surface area contributed by atoms with Crippen molar-refractivity contribution in [1.29, 1.82) is 0 Å². The number of hydrogen-bond donors (Lipinski definition) is 1. The van der Waals surface area contributed by atoms with E-state index in [-0.39, 0.29) is 17.6 Å². The Bertz CT molecular complexity index is 624. The maximum absolute atomic E-state index is 12.7. The third-order valence-corrected chi connectivity index (χ3v) is 4.57. The van der Waals surface area contributed by atoms with Gasteiger partial charge in [0, 0.05) is 38.4 Å². The Morgan fingerprint density at radius 3 is 2.91 bits per heavy atom. The van der Waals surface area contributed by atoms with Crippen LogP contribution in [0.4, 0.5) is 0 Å². The average molecular weight is 319 g/mol. The number of aromatic amines is 1. The number of ether oxygens (including phenoxy) is 1. The Morgan fingerprint density at radius 1 is 1.43 bits per heavy atom. The molecule has 0 bridgehead atoms. The lowest BCUT2D eigenvalue weighted by Gasteiger charge is -2.35. The molecule has 1 aliphatic carbocycles. The fraction of sp³-hybridized carbons (Fsp3) is 0.647. The third-order valence-electron chi connectivity index (χ3n) is 4.57. The van der Waals surface area contributed by atoms with Crippen LogP contribution in [0.5, 0.6) is 0 Å². The lowest BCUT2D eigenvalue weighted by atomic mass is 10.1. The molecule has 1 amide bonds. The number of rotatable bonds is 5. The number of morpholine rings is 1. The van der Waals surface area contributed by atoms with Crippen molar-refractivity contribution in [3.8, 4) is 0 Å². The second kappa shape index (κ2) is 6.84. The molecule has 0 aromatic carbocycles. The van der Waals surface area contributed by atoms with Crippen molar-refractivity contribution in [3.63, 3.8) is 0 Å². The number of nitrogens with zero attached hydrogens (tertiary/aromatic N) is 2. The van der Waals surface area contributed by atoms with Crippen LogP contribution < -0.4 is 5.56 Å². The fourth-order valence-corrected chi connectivity index (χ4v) is 3.15. The molecule has 6 nitrogen and oxygen atoms in total. The van der Waals surface area contributed by atoms with E-state index in [1.807, 2.05) is 4.90 Å². The highest BCUT2D eigenvalue weighted by molar-refractivity contribution is 5.95. The maximum Gasteiger partial charge on any atom is 0.255 e. The minimum atomic E-state index is -0.180. The molecule has 1 aliphatic heterocycles. The quantitative estimate of drug-likeness (QED) is 0.874. The first-order chi connectivity index (χ1) is 11.0. The van der Waals surface area contributed by atoms with Gasteiger partial charge < -0.3 is 19.5 Å². The second-order valence-corrected chi connectivity index (χ2v) is 6.80. The molecule has 23 heavy (non-hydrogen) atoms. The number of pyridine rings is 1. The summed E-state index contributed by atoms with van der Waals surface area (Å²) in [5, 5.41) is 0. The maximum atomic E-state index is 12.7. The summed E-state index contributed by atoms with van der Waals surface area (Å²) in [5.41, 5.74) is 1.10. The van der Waals surface area contributed by atoms with Crippen LogP contribution in [0, 0.1) is 12.8 Å². The number of hydrogen-bond acceptors (Lipinski definition) is 4. The van der Waals surface area contributed by atoms with Gasteiger partial charge in [-0.15, -0.1) is 0 Å². The summed E-state index contributed by atoms with van der Waals surface area (Å²) in [4.78, 5) is 30.7. The summed E-state index contributed by atoms with van der Waals surface area (Å²) in [5.74, 6) is 0.821. The molecule has 1 aromatic rings. The molecular formula is C17H25N3O3. The van der Waals surface area contributed by atoms with E-state index in [0.29, 0.717) is 30.8 Å². The lowest BCUT2D eigenvalue weighted by Crippen LogP contribution is -2.49. The molecule has 0 radical (unpaired) electrons. The molecule has 1 saturated heterocycles. The number of aromatic nitrogens is 1. The average Bonchev–Trinajstić information content (AvgIpc) is 3.30. The SMILES string of the molecule is Cc1cc(=O)[nH]cc1C(=O)N1CCO[C@@H](CN(C)CC2CC2)C1. The van der Waals surface area contributed by atoms with E-state index in [2.05, 4.69) is 16.9 Å². The van der Waals surface area contributed by atoms with Gasteiger partial charge >= 0.3 is 0 Å². The molecule has 1 saturated carbocycles. The monoisotopic (exact) mass is 319 g/mol. The molecule has 2 heterocycles. The van der Waals surface area contributed by atoms with Gasteiger partial charge in [-0.3, -0.25) is 9.59 Å². The molecule has 0 unspecified atom stereocenters. The number of nitrogens with one attached hydrogen (secondary N) is 1. The summed E-state index contributed by atoms with van der Waals surface area (Å²) in [6.07, 6.45) is 4.25. The molecule has 1 atom stereocenters. The molecule has 0 spiro atoms. The predicted octanol–water partition coefficient (Wildman–Crippen LogP) is 0.866. The number of H-pyrrole nitrogens is 1. The number of carbonyl (C=O) groups is 1. The minimum absolute atomic E-state index is 0.0307. The van der Waals surface area contributed by atoms with Crippen molar-refractivity contribution in [1.82, 2.24) is 14.8 Å². The Kier molecular flexibility index (Phi) is 4.82. The highest BCUT2D eigenvalue weighted by Crippen LogP contribution is 2.29. The second-order valence-electron chi connectivity index (χ2n) is 6.80. The van der Waals surface area contributed by atoms with Gasteiger partial charge in [0.1, 0.15) is 0 Å². The Hall–Kier alpha value is -1.66. The molecule has 2 aliphatic rings. The molecule has 3 rings (SSSR count). The van der Waals surface area contributed by atoms with Crippen molar-refractivity contribution in [2.75, 3.05) is 39.8 Å². The number of amides is 1. The van der Waals surface area contributed by atoms with Gasteiger partial charge in [0.15, 0.2) is 0 Å². The summed E-state index contributed by atoms with van der Waals surface area (Å²) in [7, 11) is 2.12. The number of carbonyl (C=O) groups excluding carboxylic acids is 1. The first kappa shape index (κ1) is 16.2. The molecule has 1 N–H and O–H groups in total. The van der Waals surface area contributed by atoms with Crippen LogP contribution in [0.25, 0.3) is 0 Å². The zero-order chi connectivity index (χ0) is 16.4. The lowest BCUT2D eigenvalue weighted by molar-refractivity contribution is -0.0334. The third kappa shape index (κ3) is 4.20. The van der Waals surface area contributed by atoms with Gasteiger partial charge in [-0.2, -0.15) is 0 Å². The topological polar surface area (TPSA) is 65.6 Å². The van der Waals surface area contributed by atoms with Crippen molar-refractivity contribution in [2.45, 2.75) is 25.9 Å². The molecule has 126 valence electrons. The Labute approximate surface area is 136 Å². The van der Waals surface area contributed by atoms with Crippen LogP contribution in [-0.2, 0) is 4.74 Å². The van der Waals surface area contributed by atoms with E-state index >= 15 is 0 Å². The van der Waals surface area contributed by atoms with Gasteiger partial charge in [-0.1, -0.05) is 0 Å². The summed E-state index contributed by atoms with van der Waals surface area (Å²) < 4.78 is 5.82.